The van der Waals surface area contributed by atoms with E-state index in [2.05, 4.69) is 20.3 Å². The minimum Gasteiger partial charge on any atom is -0.444 e. The summed E-state index contributed by atoms with van der Waals surface area (Å²) in [5.74, 6) is 1.31. The molecule has 2 aromatic heterocycles. The van der Waals surface area contributed by atoms with E-state index in [1.807, 2.05) is 37.3 Å². The van der Waals surface area contributed by atoms with Gasteiger partial charge in [0, 0.05) is 23.1 Å². The molecule has 3 rings (SSSR count). The van der Waals surface area contributed by atoms with E-state index in [0.717, 1.165) is 22.7 Å². The van der Waals surface area contributed by atoms with Gasteiger partial charge in [0.2, 0.25) is 5.95 Å². The molecule has 0 fully saturated rings. The standard InChI is InChI=1S/C14H12N4O/c1-10-5-6-16-14(17-10)18-12-4-2-3-11(7-12)13-8-15-9-19-13/h2-9H,1H3,(H,16,17,18). The summed E-state index contributed by atoms with van der Waals surface area (Å²) in [6.07, 6.45) is 4.83. The number of aryl methyl sites for hydroxylation is 1. The van der Waals surface area contributed by atoms with Crippen LogP contribution in [0.5, 0.6) is 0 Å². The number of benzene rings is 1. The van der Waals surface area contributed by atoms with Crippen molar-refractivity contribution in [2.75, 3.05) is 5.32 Å². The topological polar surface area (TPSA) is 63.8 Å². The molecule has 3 aromatic rings. The average molecular weight is 252 g/mol. The van der Waals surface area contributed by atoms with Gasteiger partial charge in [0.1, 0.15) is 0 Å². The van der Waals surface area contributed by atoms with Gasteiger partial charge in [-0.1, -0.05) is 12.1 Å². The number of nitrogens with zero attached hydrogens (tertiary/aromatic N) is 3. The Kier molecular flexibility index (Phi) is 2.94. The molecule has 94 valence electrons. The van der Waals surface area contributed by atoms with Crippen LogP contribution in [0.4, 0.5) is 11.6 Å². The maximum absolute atomic E-state index is 5.27. The normalized spacial score (nSPS) is 10.4. The number of anilines is 2. The first kappa shape index (κ1) is 11.4. The quantitative estimate of drug-likeness (QED) is 0.775. The highest BCUT2D eigenvalue weighted by Gasteiger charge is 2.03. The maximum atomic E-state index is 5.27. The average Bonchev–Trinajstić information content (AvgIpc) is 2.93. The van der Waals surface area contributed by atoms with Gasteiger partial charge in [-0.15, -0.1) is 0 Å². The summed E-state index contributed by atoms with van der Waals surface area (Å²) >= 11 is 0. The van der Waals surface area contributed by atoms with Crippen molar-refractivity contribution in [3.05, 3.63) is 54.8 Å². The van der Waals surface area contributed by atoms with E-state index in [-0.39, 0.29) is 0 Å². The lowest BCUT2D eigenvalue weighted by atomic mass is 10.1. The summed E-state index contributed by atoms with van der Waals surface area (Å²) in [5, 5.41) is 3.16. The third kappa shape index (κ3) is 2.60. The third-order valence-electron chi connectivity index (χ3n) is 2.63. The lowest BCUT2D eigenvalue weighted by Gasteiger charge is -2.06. The number of rotatable bonds is 3. The summed E-state index contributed by atoms with van der Waals surface area (Å²) in [4.78, 5) is 12.4. The molecular weight excluding hydrogens is 240 g/mol. The lowest BCUT2D eigenvalue weighted by Crippen LogP contribution is -1.97. The van der Waals surface area contributed by atoms with Crippen LogP contribution in [0.3, 0.4) is 0 Å². The van der Waals surface area contributed by atoms with Crippen molar-refractivity contribution in [1.82, 2.24) is 15.0 Å². The van der Waals surface area contributed by atoms with Crippen LogP contribution in [0.25, 0.3) is 11.3 Å². The molecule has 0 spiro atoms. The van der Waals surface area contributed by atoms with Gasteiger partial charge >= 0.3 is 0 Å². The molecule has 0 saturated carbocycles. The number of hydrogen-bond donors (Lipinski definition) is 1. The highest BCUT2D eigenvalue weighted by molar-refractivity contribution is 5.65. The molecule has 0 aliphatic heterocycles. The predicted octanol–water partition coefficient (Wildman–Crippen LogP) is 3.18. The summed E-state index contributed by atoms with van der Waals surface area (Å²) in [6.45, 7) is 1.93. The summed E-state index contributed by atoms with van der Waals surface area (Å²) in [6, 6.07) is 9.67. The molecule has 1 aromatic carbocycles. The molecule has 0 amide bonds. The number of aromatic nitrogens is 3. The smallest absolute Gasteiger partial charge is 0.227 e. The van der Waals surface area contributed by atoms with Crippen LogP contribution in [0.15, 0.2) is 53.5 Å². The first-order chi connectivity index (χ1) is 9.31. The number of nitrogens with one attached hydrogen (secondary N) is 1. The molecular formula is C14H12N4O. The fourth-order valence-corrected chi connectivity index (χ4v) is 1.75. The zero-order valence-electron chi connectivity index (χ0n) is 10.4. The van der Waals surface area contributed by atoms with Crippen molar-refractivity contribution >= 4 is 11.6 Å². The molecule has 0 aliphatic rings. The van der Waals surface area contributed by atoms with Gasteiger partial charge in [-0.2, -0.15) is 0 Å². The molecule has 5 heteroatoms. The Morgan fingerprint density at radius 3 is 2.95 bits per heavy atom. The van der Waals surface area contributed by atoms with E-state index in [4.69, 9.17) is 4.42 Å². The molecule has 2 heterocycles. The molecule has 0 bridgehead atoms. The molecule has 0 unspecified atom stereocenters. The van der Waals surface area contributed by atoms with Crippen molar-refractivity contribution in [2.45, 2.75) is 6.92 Å². The van der Waals surface area contributed by atoms with Crippen molar-refractivity contribution < 1.29 is 4.42 Å². The van der Waals surface area contributed by atoms with Gasteiger partial charge in [0.25, 0.3) is 0 Å². The van der Waals surface area contributed by atoms with E-state index in [0.29, 0.717) is 5.95 Å². The van der Waals surface area contributed by atoms with Crippen LogP contribution in [0.2, 0.25) is 0 Å². The van der Waals surface area contributed by atoms with Gasteiger partial charge in [0.15, 0.2) is 12.2 Å². The zero-order valence-corrected chi connectivity index (χ0v) is 10.4. The molecule has 0 aliphatic carbocycles. The Balaban J connectivity index is 1.88. The van der Waals surface area contributed by atoms with Gasteiger partial charge in [0.05, 0.1) is 6.20 Å². The van der Waals surface area contributed by atoms with E-state index in [1.54, 1.807) is 12.4 Å². The Morgan fingerprint density at radius 2 is 2.16 bits per heavy atom. The highest BCUT2D eigenvalue weighted by Crippen LogP contribution is 2.23. The van der Waals surface area contributed by atoms with E-state index in [1.165, 1.54) is 6.39 Å². The predicted molar refractivity (Wildman–Crippen MR) is 72.0 cm³/mol. The number of oxazole rings is 1. The minimum atomic E-state index is 0.578. The van der Waals surface area contributed by atoms with Crippen LogP contribution in [-0.2, 0) is 0 Å². The second kappa shape index (κ2) is 4.89. The molecule has 0 atom stereocenters. The summed E-state index contributed by atoms with van der Waals surface area (Å²) in [5.41, 5.74) is 2.78. The highest BCUT2D eigenvalue weighted by atomic mass is 16.3. The van der Waals surface area contributed by atoms with Crippen LogP contribution in [-0.4, -0.2) is 15.0 Å². The Bertz CT molecular complexity index is 679. The fourth-order valence-electron chi connectivity index (χ4n) is 1.75. The van der Waals surface area contributed by atoms with Crippen molar-refractivity contribution in [2.24, 2.45) is 0 Å². The third-order valence-corrected chi connectivity index (χ3v) is 2.63. The second-order valence-electron chi connectivity index (χ2n) is 4.09. The number of hydrogen-bond acceptors (Lipinski definition) is 5. The maximum Gasteiger partial charge on any atom is 0.227 e. The van der Waals surface area contributed by atoms with Crippen LogP contribution in [0.1, 0.15) is 5.69 Å². The lowest BCUT2D eigenvalue weighted by molar-refractivity contribution is 0.572. The first-order valence-corrected chi connectivity index (χ1v) is 5.87. The molecule has 1 N–H and O–H groups in total. The van der Waals surface area contributed by atoms with Crippen molar-refractivity contribution in [3.8, 4) is 11.3 Å². The Morgan fingerprint density at radius 1 is 1.21 bits per heavy atom. The largest absolute Gasteiger partial charge is 0.444 e. The molecule has 0 saturated heterocycles. The van der Waals surface area contributed by atoms with Crippen molar-refractivity contribution in [1.29, 1.82) is 0 Å². The first-order valence-electron chi connectivity index (χ1n) is 5.87. The minimum absolute atomic E-state index is 0.578. The molecule has 19 heavy (non-hydrogen) atoms. The zero-order chi connectivity index (χ0) is 13.1. The molecule has 0 radical (unpaired) electrons. The van der Waals surface area contributed by atoms with E-state index in [9.17, 15) is 0 Å². The van der Waals surface area contributed by atoms with Crippen LogP contribution in [0, 0.1) is 6.92 Å². The Labute approximate surface area is 110 Å². The van der Waals surface area contributed by atoms with Gasteiger partial charge in [-0.3, -0.25) is 0 Å². The fraction of sp³-hybridized carbons (Fsp3) is 0.0714. The summed E-state index contributed by atoms with van der Waals surface area (Å²) < 4.78 is 5.27. The van der Waals surface area contributed by atoms with Crippen LogP contribution >= 0.6 is 0 Å². The van der Waals surface area contributed by atoms with E-state index < -0.39 is 0 Å². The van der Waals surface area contributed by atoms with Crippen molar-refractivity contribution in [3.63, 3.8) is 0 Å². The van der Waals surface area contributed by atoms with Crippen LogP contribution < -0.4 is 5.32 Å². The summed E-state index contributed by atoms with van der Waals surface area (Å²) in [7, 11) is 0. The monoisotopic (exact) mass is 252 g/mol. The van der Waals surface area contributed by atoms with Gasteiger partial charge < -0.3 is 9.73 Å². The second-order valence-corrected chi connectivity index (χ2v) is 4.09. The van der Waals surface area contributed by atoms with E-state index >= 15 is 0 Å². The Hall–Kier alpha value is -2.69. The van der Waals surface area contributed by atoms with Gasteiger partial charge in [-0.05, 0) is 25.1 Å². The molecule has 5 nitrogen and oxygen atoms in total. The SMILES string of the molecule is Cc1ccnc(Nc2cccc(-c3cnco3)c2)n1. The van der Waals surface area contributed by atoms with Gasteiger partial charge in [-0.25, -0.2) is 15.0 Å².